The van der Waals surface area contributed by atoms with Crippen molar-refractivity contribution in [1.82, 2.24) is 10.2 Å². The van der Waals surface area contributed by atoms with Crippen molar-refractivity contribution in [3.8, 4) is 0 Å². The highest BCUT2D eigenvalue weighted by molar-refractivity contribution is 5.75. The molecule has 18 heavy (non-hydrogen) atoms. The van der Waals surface area contributed by atoms with Crippen molar-refractivity contribution in [2.24, 2.45) is 5.41 Å². The Morgan fingerprint density at radius 2 is 1.94 bits per heavy atom. The van der Waals surface area contributed by atoms with Crippen LogP contribution in [-0.4, -0.2) is 63.3 Å². The van der Waals surface area contributed by atoms with Crippen LogP contribution in [0.25, 0.3) is 0 Å². The molecule has 2 saturated heterocycles. The maximum absolute atomic E-state index is 11.7. The lowest BCUT2D eigenvalue weighted by Crippen LogP contribution is -2.67. The molecule has 1 spiro atoms. The Morgan fingerprint density at radius 3 is 2.50 bits per heavy atom. The molecular formula is C12H22N2O4. The fourth-order valence-electron chi connectivity index (χ4n) is 2.20. The van der Waals surface area contributed by atoms with Gasteiger partial charge in [-0.3, -0.25) is 0 Å². The summed E-state index contributed by atoms with van der Waals surface area (Å²) >= 11 is 0. The summed E-state index contributed by atoms with van der Waals surface area (Å²) in [5.74, 6) is -0.494. The first-order valence-corrected chi connectivity index (χ1v) is 6.26. The lowest BCUT2D eigenvalue weighted by atomic mass is 9.81. The molecular weight excluding hydrogens is 236 g/mol. The Bertz CT molecular complexity index is 301. The number of urea groups is 1. The molecule has 0 aliphatic carbocycles. The van der Waals surface area contributed by atoms with Crippen LogP contribution in [0.3, 0.4) is 0 Å². The molecule has 0 radical (unpaired) electrons. The van der Waals surface area contributed by atoms with Crippen molar-refractivity contribution in [1.29, 1.82) is 0 Å². The SMILES string of the molecule is COCCNC(=O)N1CC2(COC(C)(C)OC2)C1. The van der Waals surface area contributed by atoms with Crippen molar-refractivity contribution in [2.45, 2.75) is 19.6 Å². The third-order valence-electron chi connectivity index (χ3n) is 3.37. The summed E-state index contributed by atoms with van der Waals surface area (Å²) in [4.78, 5) is 13.5. The van der Waals surface area contributed by atoms with Crippen LogP contribution in [0.4, 0.5) is 4.79 Å². The average Bonchev–Trinajstić information content (AvgIpc) is 2.27. The van der Waals surface area contributed by atoms with Crippen LogP contribution in [0, 0.1) is 5.41 Å². The Labute approximate surface area is 108 Å². The van der Waals surface area contributed by atoms with Gasteiger partial charge < -0.3 is 24.4 Å². The Morgan fingerprint density at radius 1 is 1.33 bits per heavy atom. The highest BCUT2D eigenvalue weighted by Crippen LogP contribution is 2.37. The second-order valence-corrected chi connectivity index (χ2v) is 5.56. The van der Waals surface area contributed by atoms with Gasteiger partial charge in [-0.2, -0.15) is 0 Å². The van der Waals surface area contributed by atoms with Crippen LogP contribution in [0.15, 0.2) is 0 Å². The molecule has 0 aromatic carbocycles. The topological polar surface area (TPSA) is 60.0 Å². The number of carbonyl (C=O) groups excluding carboxylic acids is 1. The highest BCUT2D eigenvalue weighted by atomic mass is 16.7. The lowest BCUT2D eigenvalue weighted by molar-refractivity contribution is -0.301. The molecule has 0 unspecified atom stereocenters. The van der Waals surface area contributed by atoms with Crippen molar-refractivity contribution in [3.63, 3.8) is 0 Å². The number of hydrogen-bond acceptors (Lipinski definition) is 4. The van der Waals surface area contributed by atoms with Gasteiger partial charge in [0.05, 0.1) is 25.2 Å². The lowest BCUT2D eigenvalue weighted by Gasteiger charge is -2.53. The molecule has 2 rings (SSSR count). The van der Waals surface area contributed by atoms with E-state index in [4.69, 9.17) is 14.2 Å². The standard InChI is InChI=1S/C12H22N2O4/c1-11(2)17-8-12(9-18-11)6-14(7-12)10(15)13-4-5-16-3/h4-9H2,1-3H3,(H,13,15). The second-order valence-electron chi connectivity index (χ2n) is 5.56. The van der Waals surface area contributed by atoms with Gasteiger partial charge in [-0.25, -0.2) is 4.79 Å². The quantitative estimate of drug-likeness (QED) is 0.746. The Hall–Kier alpha value is -0.850. The fraction of sp³-hybridized carbons (Fsp3) is 0.917. The monoisotopic (exact) mass is 258 g/mol. The van der Waals surface area contributed by atoms with E-state index in [0.717, 1.165) is 0 Å². The van der Waals surface area contributed by atoms with E-state index in [1.807, 2.05) is 13.8 Å². The van der Waals surface area contributed by atoms with Crippen LogP contribution >= 0.6 is 0 Å². The zero-order valence-corrected chi connectivity index (χ0v) is 11.3. The number of nitrogens with one attached hydrogen (secondary N) is 1. The molecule has 0 atom stereocenters. The first-order valence-electron chi connectivity index (χ1n) is 6.26. The summed E-state index contributed by atoms with van der Waals surface area (Å²) in [6.07, 6.45) is 0. The van der Waals surface area contributed by atoms with E-state index in [1.54, 1.807) is 12.0 Å². The second kappa shape index (κ2) is 5.03. The molecule has 0 bridgehead atoms. The zero-order valence-electron chi connectivity index (χ0n) is 11.3. The van der Waals surface area contributed by atoms with Gasteiger partial charge in [-0.05, 0) is 13.8 Å². The molecule has 2 fully saturated rings. The van der Waals surface area contributed by atoms with Crippen molar-refractivity contribution < 1.29 is 19.0 Å². The normalized spacial score (nSPS) is 24.7. The molecule has 0 saturated carbocycles. The average molecular weight is 258 g/mol. The van der Waals surface area contributed by atoms with Gasteiger partial charge in [0, 0.05) is 26.7 Å². The van der Waals surface area contributed by atoms with E-state index >= 15 is 0 Å². The van der Waals surface area contributed by atoms with Gasteiger partial charge in [0.15, 0.2) is 5.79 Å². The zero-order chi connectivity index (χ0) is 13.2. The molecule has 1 N–H and O–H groups in total. The summed E-state index contributed by atoms with van der Waals surface area (Å²) in [6, 6.07) is -0.0393. The highest BCUT2D eigenvalue weighted by Gasteiger charge is 2.50. The third kappa shape index (κ3) is 2.93. The van der Waals surface area contributed by atoms with E-state index < -0.39 is 5.79 Å². The van der Waals surface area contributed by atoms with Gasteiger partial charge >= 0.3 is 6.03 Å². The summed E-state index contributed by atoms with van der Waals surface area (Å²) in [5, 5.41) is 2.80. The first-order chi connectivity index (χ1) is 8.46. The summed E-state index contributed by atoms with van der Waals surface area (Å²) < 4.78 is 16.2. The minimum absolute atomic E-state index is 0.00584. The number of likely N-dealkylation sites (tertiary alicyclic amines) is 1. The van der Waals surface area contributed by atoms with E-state index in [2.05, 4.69) is 5.32 Å². The van der Waals surface area contributed by atoms with Crippen molar-refractivity contribution in [3.05, 3.63) is 0 Å². The van der Waals surface area contributed by atoms with Gasteiger partial charge in [0.2, 0.25) is 0 Å². The fourth-order valence-corrected chi connectivity index (χ4v) is 2.20. The smallest absolute Gasteiger partial charge is 0.317 e. The number of carbonyl (C=O) groups is 1. The molecule has 2 aliphatic heterocycles. The summed E-state index contributed by atoms with van der Waals surface area (Å²) in [6.45, 7) is 7.60. The number of nitrogens with zero attached hydrogens (tertiary/aromatic N) is 1. The maximum atomic E-state index is 11.7. The molecule has 0 aromatic heterocycles. The predicted molar refractivity (Wildman–Crippen MR) is 65.3 cm³/mol. The molecule has 6 heteroatoms. The van der Waals surface area contributed by atoms with Gasteiger partial charge in [-0.1, -0.05) is 0 Å². The largest absolute Gasteiger partial charge is 0.383 e. The van der Waals surface area contributed by atoms with Gasteiger partial charge in [-0.15, -0.1) is 0 Å². The number of amides is 2. The molecule has 0 aromatic rings. The van der Waals surface area contributed by atoms with Crippen LogP contribution in [-0.2, 0) is 14.2 Å². The third-order valence-corrected chi connectivity index (χ3v) is 3.37. The number of methoxy groups -OCH3 is 1. The van der Waals surface area contributed by atoms with E-state index in [0.29, 0.717) is 39.5 Å². The van der Waals surface area contributed by atoms with Crippen LogP contribution < -0.4 is 5.32 Å². The van der Waals surface area contributed by atoms with Gasteiger partial charge in [0.25, 0.3) is 0 Å². The van der Waals surface area contributed by atoms with Gasteiger partial charge in [0.1, 0.15) is 0 Å². The van der Waals surface area contributed by atoms with Crippen LogP contribution in [0.5, 0.6) is 0 Å². The van der Waals surface area contributed by atoms with Crippen LogP contribution in [0.2, 0.25) is 0 Å². The van der Waals surface area contributed by atoms with Crippen molar-refractivity contribution in [2.75, 3.05) is 46.6 Å². The molecule has 6 nitrogen and oxygen atoms in total. The molecule has 2 heterocycles. The molecule has 2 amide bonds. The predicted octanol–water partition coefficient (Wildman–Crippen LogP) is 0.427. The van der Waals surface area contributed by atoms with Crippen LogP contribution in [0.1, 0.15) is 13.8 Å². The minimum atomic E-state index is -0.494. The summed E-state index contributed by atoms with van der Waals surface area (Å²) in [5.41, 5.74) is -0.00584. The maximum Gasteiger partial charge on any atom is 0.317 e. The number of ether oxygens (including phenoxy) is 3. The molecule has 2 aliphatic rings. The first kappa shape index (κ1) is 13.6. The van der Waals surface area contributed by atoms with E-state index in [-0.39, 0.29) is 11.4 Å². The minimum Gasteiger partial charge on any atom is -0.383 e. The number of rotatable bonds is 3. The Balaban J connectivity index is 1.72. The van der Waals surface area contributed by atoms with E-state index in [9.17, 15) is 4.79 Å². The summed E-state index contributed by atoms with van der Waals surface area (Å²) in [7, 11) is 1.61. The number of hydrogen-bond donors (Lipinski definition) is 1. The molecule has 104 valence electrons. The Kier molecular flexibility index (Phi) is 3.79. The van der Waals surface area contributed by atoms with Crippen molar-refractivity contribution >= 4 is 6.03 Å². The van der Waals surface area contributed by atoms with E-state index in [1.165, 1.54) is 0 Å².